The Bertz CT molecular complexity index is 576. The van der Waals surface area contributed by atoms with Gasteiger partial charge in [-0.15, -0.1) is 0 Å². The number of nitrogens with zero attached hydrogens (tertiary/aromatic N) is 1. The molecule has 0 atom stereocenters. The van der Waals surface area contributed by atoms with Gasteiger partial charge in [-0.05, 0) is 42.7 Å². The van der Waals surface area contributed by atoms with E-state index in [1.165, 1.54) is 24.5 Å². The van der Waals surface area contributed by atoms with Crippen molar-refractivity contribution in [1.29, 1.82) is 0 Å². The van der Waals surface area contributed by atoms with Gasteiger partial charge in [0.25, 0.3) is 0 Å². The highest BCUT2D eigenvalue weighted by Gasteiger charge is 2.19. The van der Waals surface area contributed by atoms with Crippen LogP contribution in [-0.2, 0) is 6.54 Å². The standard InChI is InChI=1S/C17H19FN2/c1-20(17-5-3-2-4-16(17)18)15-10-6-13(7-11-15)12-19-14-8-9-14/h2-7,10-11,14,19H,8-9,12H2,1H3. The Labute approximate surface area is 119 Å². The molecular weight excluding hydrogens is 251 g/mol. The predicted molar refractivity (Wildman–Crippen MR) is 80.8 cm³/mol. The molecule has 0 aliphatic heterocycles. The SMILES string of the molecule is CN(c1ccc(CNC2CC2)cc1)c1ccccc1F. The van der Waals surface area contributed by atoms with E-state index in [2.05, 4.69) is 17.4 Å². The van der Waals surface area contributed by atoms with Crippen LogP contribution in [0.1, 0.15) is 18.4 Å². The predicted octanol–water partition coefficient (Wildman–Crippen LogP) is 3.85. The minimum atomic E-state index is -0.200. The van der Waals surface area contributed by atoms with Crippen LogP contribution in [0.4, 0.5) is 15.8 Å². The van der Waals surface area contributed by atoms with Crippen molar-refractivity contribution in [2.45, 2.75) is 25.4 Å². The Morgan fingerprint density at radius 1 is 1.10 bits per heavy atom. The van der Waals surface area contributed by atoms with Crippen LogP contribution >= 0.6 is 0 Å². The molecule has 1 aliphatic carbocycles. The molecular formula is C17H19FN2. The highest BCUT2D eigenvalue weighted by molar-refractivity contribution is 5.63. The summed E-state index contributed by atoms with van der Waals surface area (Å²) in [5.41, 5.74) is 2.85. The normalized spacial score (nSPS) is 14.3. The van der Waals surface area contributed by atoms with Gasteiger partial charge in [0, 0.05) is 25.3 Å². The molecule has 0 saturated heterocycles. The molecule has 2 aromatic rings. The molecule has 0 aromatic heterocycles. The monoisotopic (exact) mass is 270 g/mol. The fourth-order valence-electron chi connectivity index (χ4n) is 2.25. The molecule has 20 heavy (non-hydrogen) atoms. The first-order valence-corrected chi connectivity index (χ1v) is 7.04. The maximum atomic E-state index is 13.8. The largest absolute Gasteiger partial charge is 0.342 e. The summed E-state index contributed by atoms with van der Waals surface area (Å²) in [5.74, 6) is -0.200. The quantitative estimate of drug-likeness (QED) is 0.888. The van der Waals surface area contributed by atoms with Crippen LogP contribution in [0.2, 0.25) is 0 Å². The van der Waals surface area contributed by atoms with Gasteiger partial charge in [0.2, 0.25) is 0 Å². The first-order chi connectivity index (χ1) is 9.74. The second kappa shape index (κ2) is 5.63. The molecule has 104 valence electrons. The van der Waals surface area contributed by atoms with Crippen LogP contribution in [0.25, 0.3) is 0 Å². The Kier molecular flexibility index (Phi) is 3.70. The first kappa shape index (κ1) is 13.1. The lowest BCUT2D eigenvalue weighted by Crippen LogP contribution is -2.15. The van der Waals surface area contributed by atoms with E-state index in [0.29, 0.717) is 5.69 Å². The van der Waals surface area contributed by atoms with Crippen molar-refractivity contribution in [3.05, 3.63) is 59.9 Å². The van der Waals surface area contributed by atoms with Gasteiger partial charge in [-0.3, -0.25) is 0 Å². The fraction of sp³-hybridized carbons (Fsp3) is 0.294. The molecule has 0 unspecified atom stereocenters. The van der Waals surface area contributed by atoms with Crippen LogP contribution < -0.4 is 10.2 Å². The summed E-state index contributed by atoms with van der Waals surface area (Å²) in [6.45, 7) is 0.911. The van der Waals surface area contributed by atoms with E-state index in [4.69, 9.17) is 0 Å². The molecule has 0 spiro atoms. The first-order valence-electron chi connectivity index (χ1n) is 7.04. The van der Waals surface area contributed by atoms with Gasteiger partial charge in [-0.25, -0.2) is 4.39 Å². The summed E-state index contributed by atoms with van der Waals surface area (Å²) in [7, 11) is 1.88. The van der Waals surface area contributed by atoms with Gasteiger partial charge in [0.1, 0.15) is 5.82 Å². The van der Waals surface area contributed by atoms with Crippen LogP contribution in [0.5, 0.6) is 0 Å². The van der Waals surface area contributed by atoms with E-state index in [-0.39, 0.29) is 5.82 Å². The zero-order valence-corrected chi connectivity index (χ0v) is 11.6. The summed E-state index contributed by atoms with van der Waals surface area (Å²) in [5, 5.41) is 3.49. The summed E-state index contributed by atoms with van der Waals surface area (Å²) in [4.78, 5) is 1.87. The van der Waals surface area contributed by atoms with Crippen molar-refractivity contribution in [3.8, 4) is 0 Å². The van der Waals surface area contributed by atoms with Crippen molar-refractivity contribution in [3.63, 3.8) is 0 Å². The maximum absolute atomic E-state index is 13.8. The van der Waals surface area contributed by atoms with Crippen molar-refractivity contribution in [2.24, 2.45) is 0 Å². The molecule has 0 amide bonds. The minimum absolute atomic E-state index is 0.200. The van der Waals surface area contributed by atoms with Crippen molar-refractivity contribution >= 4 is 11.4 Å². The molecule has 2 aromatic carbocycles. The van der Waals surface area contributed by atoms with E-state index < -0.39 is 0 Å². The number of hydrogen-bond acceptors (Lipinski definition) is 2. The molecule has 1 fully saturated rings. The Hall–Kier alpha value is -1.87. The number of rotatable bonds is 5. The Morgan fingerprint density at radius 2 is 1.80 bits per heavy atom. The van der Waals surface area contributed by atoms with Crippen LogP contribution in [0.3, 0.4) is 0 Å². The van der Waals surface area contributed by atoms with E-state index in [0.717, 1.165) is 18.3 Å². The molecule has 0 heterocycles. The third-order valence-electron chi connectivity index (χ3n) is 3.71. The zero-order valence-electron chi connectivity index (χ0n) is 11.6. The number of hydrogen-bond donors (Lipinski definition) is 1. The van der Waals surface area contributed by atoms with Crippen LogP contribution in [-0.4, -0.2) is 13.1 Å². The van der Waals surface area contributed by atoms with Gasteiger partial charge >= 0.3 is 0 Å². The van der Waals surface area contributed by atoms with E-state index in [1.807, 2.05) is 30.1 Å². The highest BCUT2D eigenvalue weighted by Crippen LogP contribution is 2.26. The Balaban J connectivity index is 1.71. The van der Waals surface area contributed by atoms with E-state index >= 15 is 0 Å². The molecule has 1 aliphatic rings. The molecule has 2 nitrogen and oxygen atoms in total. The number of nitrogens with one attached hydrogen (secondary N) is 1. The molecule has 3 heteroatoms. The maximum Gasteiger partial charge on any atom is 0.146 e. The molecule has 1 saturated carbocycles. The van der Waals surface area contributed by atoms with Gasteiger partial charge < -0.3 is 10.2 Å². The fourth-order valence-corrected chi connectivity index (χ4v) is 2.25. The smallest absolute Gasteiger partial charge is 0.146 e. The lowest BCUT2D eigenvalue weighted by Gasteiger charge is -2.20. The van der Waals surface area contributed by atoms with Crippen molar-refractivity contribution in [2.75, 3.05) is 11.9 Å². The molecule has 0 radical (unpaired) electrons. The van der Waals surface area contributed by atoms with Crippen LogP contribution in [0, 0.1) is 5.82 Å². The van der Waals surface area contributed by atoms with Gasteiger partial charge in [-0.2, -0.15) is 0 Å². The summed E-state index contributed by atoms with van der Waals surface area (Å²) >= 11 is 0. The number of anilines is 2. The number of halogens is 1. The third-order valence-corrected chi connectivity index (χ3v) is 3.71. The Morgan fingerprint density at radius 3 is 2.45 bits per heavy atom. The second-order valence-electron chi connectivity index (χ2n) is 5.33. The van der Waals surface area contributed by atoms with Gasteiger partial charge in [0.15, 0.2) is 0 Å². The molecule has 3 rings (SSSR count). The number of para-hydroxylation sites is 1. The van der Waals surface area contributed by atoms with Crippen molar-refractivity contribution in [1.82, 2.24) is 5.32 Å². The van der Waals surface area contributed by atoms with Crippen molar-refractivity contribution < 1.29 is 4.39 Å². The van der Waals surface area contributed by atoms with E-state index in [1.54, 1.807) is 12.1 Å². The van der Waals surface area contributed by atoms with E-state index in [9.17, 15) is 4.39 Å². The van der Waals surface area contributed by atoms with Crippen LogP contribution in [0.15, 0.2) is 48.5 Å². The topological polar surface area (TPSA) is 15.3 Å². The highest BCUT2D eigenvalue weighted by atomic mass is 19.1. The van der Waals surface area contributed by atoms with Gasteiger partial charge in [-0.1, -0.05) is 24.3 Å². The molecule has 0 bridgehead atoms. The average Bonchev–Trinajstić information content (AvgIpc) is 3.30. The average molecular weight is 270 g/mol. The summed E-state index contributed by atoms with van der Waals surface area (Å²) in [6.07, 6.45) is 2.60. The second-order valence-corrected chi connectivity index (χ2v) is 5.33. The zero-order chi connectivity index (χ0) is 13.9. The lowest BCUT2D eigenvalue weighted by molar-refractivity contribution is 0.627. The summed E-state index contributed by atoms with van der Waals surface area (Å²) < 4.78 is 13.8. The lowest BCUT2D eigenvalue weighted by atomic mass is 10.2. The number of benzene rings is 2. The summed E-state index contributed by atoms with van der Waals surface area (Å²) in [6, 6.07) is 15.8. The minimum Gasteiger partial charge on any atom is -0.342 e. The third kappa shape index (κ3) is 2.99. The van der Waals surface area contributed by atoms with Gasteiger partial charge in [0.05, 0.1) is 5.69 Å². The molecule has 1 N–H and O–H groups in total.